The molecule has 2 amide bonds. The maximum atomic E-state index is 14.0. The Balaban J connectivity index is 2.06. The second-order valence-corrected chi connectivity index (χ2v) is 12.3. The highest BCUT2D eigenvalue weighted by atomic mass is 32.2. The molecule has 0 saturated carbocycles. The first kappa shape index (κ1) is 29.8. The molecule has 208 valence electrons. The maximum Gasteiger partial charge on any atom is 0.264 e. The Labute approximate surface area is 230 Å². The van der Waals surface area contributed by atoms with Gasteiger partial charge in [0.15, 0.2) is 0 Å². The van der Waals surface area contributed by atoms with Crippen LogP contribution in [0.3, 0.4) is 0 Å². The van der Waals surface area contributed by atoms with E-state index in [9.17, 15) is 22.4 Å². The molecule has 0 aromatic heterocycles. The van der Waals surface area contributed by atoms with Gasteiger partial charge in [0.2, 0.25) is 11.8 Å². The van der Waals surface area contributed by atoms with Crippen LogP contribution in [-0.4, -0.2) is 43.3 Å². The van der Waals surface area contributed by atoms with E-state index in [2.05, 4.69) is 5.32 Å². The molecule has 3 aromatic rings. The predicted octanol–water partition coefficient (Wildman–Crippen LogP) is 5.05. The number of aryl methyl sites for hydroxylation is 1. The standard InChI is InChI=1S/C30H36FN3O4S/c1-6-27(29(36)32-30(3,4)5)33(20-23-12-10-11-22(2)19-23)28(35)21-34(25-17-15-24(31)16-18-25)39(37,38)26-13-8-7-9-14-26/h7-19,27H,6,20-21H2,1-5H3,(H,32,36)/t27-/m1/s1. The molecule has 0 heterocycles. The third kappa shape index (κ3) is 7.89. The number of hydrogen-bond acceptors (Lipinski definition) is 4. The van der Waals surface area contributed by atoms with Crippen LogP contribution in [0.15, 0.2) is 83.8 Å². The summed E-state index contributed by atoms with van der Waals surface area (Å²) in [6.45, 7) is 8.84. The van der Waals surface area contributed by atoms with Gasteiger partial charge in [-0.05, 0) is 76.1 Å². The molecule has 3 aromatic carbocycles. The first-order valence-corrected chi connectivity index (χ1v) is 14.3. The molecule has 0 aliphatic heterocycles. The monoisotopic (exact) mass is 553 g/mol. The molecule has 0 aliphatic carbocycles. The normalized spacial score (nSPS) is 12.5. The van der Waals surface area contributed by atoms with E-state index in [1.165, 1.54) is 29.2 Å². The summed E-state index contributed by atoms with van der Waals surface area (Å²) in [5, 5.41) is 2.94. The lowest BCUT2D eigenvalue weighted by Gasteiger charge is -2.34. The lowest BCUT2D eigenvalue weighted by Crippen LogP contribution is -2.55. The summed E-state index contributed by atoms with van der Waals surface area (Å²) in [5.41, 5.74) is 1.41. The van der Waals surface area contributed by atoms with Crippen molar-refractivity contribution < 1.29 is 22.4 Å². The van der Waals surface area contributed by atoms with E-state index in [4.69, 9.17) is 0 Å². The Morgan fingerprint density at radius 3 is 2.15 bits per heavy atom. The Bertz CT molecular complexity index is 1390. The smallest absolute Gasteiger partial charge is 0.264 e. The molecular weight excluding hydrogens is 517 g/mol. The molecule has 0 bridgehead atoms. The van der Waals surface area contributed by atoms with Crippen molar-refractivity contribution in [3.05, 3.63) is 95.8 Å². The van der Waals surface area contributed by atoms with Gasteiger partial charge in [-0.2, -0.15) is 0 Å². The number of sulfonamides is 1. The Morgan fingerprint density at radius 2 is 1.59 bits per heavy atom. The number of nitrogens with zero attached hydrogens (tertiary/aromatic N) is 2. The van der Waals surface area contributed by atoms with Gasteiger partial charge < -0.3 is 10.2 Å². The average Bonchev–Trinajstić information content (AvgIpc) is 2.87. The minimum absolute atomic E-state index is 0.00937. The lowest BCUT2D eigenvalue weighted by atomic mass is 10.0. The Kier molecular flexibility index (Phi) is 9.50. The van der Waals surface area contributed by atoms with Gasteiger partial charge in [-0.1, -0.05) is 55.0 Å². The van der Waals surface area contributed by atoms with E-state index in [1.54, 1.807) is 18.2 Å². The fourth-order valence-electron chi connectivity index (χ4n) is 4.24. The van der Waals surface area contributed by atoms with E-state index >= 15 is 0 Å². The van der Waals surface area contributed by atoms with Crippen LogP contribution >= 0.6 is 0 Å². The quantitative estimate of drug-likeness (QED) is 0.381. The summed E-state index contributed by atoms with van der Waals surface area (Å²) < 4.78 is 42.1. The molecule has 1 atom stereocenters. The molecule has 0 saturated heterocycles. The summed E-state index contributed by atoms with van der Waals surface area (Å²) in [6, 6.07) is 19.4. The molecule has 7 nitrogen and oxygen atoms in total. The summed E-state index contributed by atoms with van der Waals surface area (Å²) >= 11 is 0. The van der Waals surface area contributed by atoms with Gasteiger partial charge in [-0.25, -0.2) is 12.8 Å². The first-order valence-electron chi connectivity index (χ1n) is 12.8. The van der Waals surface area contributed by atoms with Crippen molar-refractivity contribution in [2.24, 2.45) is 0 Å². The number of halogens is 1. The second-order valence-electron chi connectivity index (χ2n) is 10.5. The molecule has 1 N–H and O–H groups in total. The third-order valence-electron chi connectivity index (χ3n) is 6.04. The first-order chi connectivity index (χ1) is 18.3. The van der Waals surface area contributed by atoms with E-state index in [1.807, 2.05) is 58.9 Å². The highest BCUT2D eigenvalue weighted by molar-refractivity contribution is 7.92. The second kappa shape index (κ2) is 12.4. The zero-order valence-electron chi connectivity index (χ0n) is 23.0. The van der Waals surface area contributed by atoms with Gasteiger partial charge in [0.1, 0.15) is 18.4 Å². The Hall–Kier alpha value is -3.72. The van der Waals surface area contributed by atoms with Crippen LogP contribution in [-0.2, 0) is 26.2 Å². The van der Waals surface area contributed by atoms with Crippen LogP contribution in [0.25, 0.3) is 0 Å². The van der Waals surface area contributed by atoms with Crippen molar-refractivity contribution in [1.29, 1.82) is 0 Å². The summed E-state index contributed by atoms with van der Waals surface area (Å²) in [7, 11) is -4.19. The minimum atomic E-state index is -4.19. The molecule has 9 heteroatoms. The molecular formula is C30H36FN3O4S. The van der Waals surface area contributed by atoms with Gasteiger partial charge >= 0.3 is 0 Å². The molecule has 0 spiro atoms. The number of nitrogens with one attached hydrogen (secondary N) is 1. The minimum Gasteiger partial charge on any atom is -0.350 e. The zero-order chi connectivity index (χ0) is 28.8. The van der Waals surface area contributed by atoms with E-state index in [-0.39, 0.29) is 23.0 Å². The topological polar surface area (TPSA) is 86.8 Å². The molecule has 0 fully saturated rings. The van der Waals surface area contributed by atoms with Crippen molar-refractivity contribution >= 4 is 27.5 Å². The number of carbonyl (C=O) groups is 2. The third-order valence-corrected chi connectivity index (χ3v) is 7.83. The van der Waals surface area contributed by atoms with Crippen LogP contribution in [0.2, 0.25) is 0 Å². The highest BCUT2D eigenvalue weighted by Crippen LogP contribution is 2.25. The largest absolute Gasteiger partial charge is 0.350 e. The van der Waals surface area contributed by atoms with Crippen molar-refractivity contribution in [1.82, 2.24) is 10.2 Å². The van der Waals surface area contributed by atoms with Gasteiger partial charge in [0.05, 0.1) is 10.6 Å². The molecule has 39 heavy (non-hydrogen) atoms. The fraction of sp³-hybridized carbons (Fsp3) is 0.333. The van der Waals surface area contributed by atoms with Crippen molar-refractivity contribution in [3.8, 4) is 0 Å². The molecule has 0 radical (unpaired) electrons. The van der Waals surface area contributed by atoms with Crippen LogP contribution in [0.5, 0.6) is 0 Å². The van der Waals surface area contributed by atoms with E-state index in [0.29, 0.717) is 6.42 Å². The van der Waals surface area contributed by atoms with E-state index in [0.717, 1.165) is 27.6 Å². The van der Waals surface area contributed by atoms with Crippen LogP contribution in [0, 0.1) is 12.7 Å². The van der Waals surface area contributed by atoms with Gasteiger partial charge in [0, 0.05) is 12.1 Å². The molecule has 0 unspecified atom stereocenters. The van der Waals surface area contributed by atoms with Gasteiger partial charge in [0.25, 0.3) is 10.0 Å². The van der Waals surface area contributed by atoms with Gasteiger partial charge in [-0.15, -0.1) is 0 Å². The highest BCUT2D eigenvalue weighted by Gasteiger charge is 2.34. The molecule has 3 rings (SSSR count). The van der Waals surface area contributed by atoms with Crippen molar-refractivity contribution in [2.75, 3.05) is 10.8 Å². The fourth-order valence-corrected chi connectivity index (χ4v) is 5.67. The number of anilines is 1. The summed E-state index contributed by atoms with van der Waals surface area (Å²) in [4.78, 5) is 28.7. The van der Waals surface area contributed by atoms with Crippen LogP contribution in [0.4, 0.5) is 10.1 Å². The summed E-state index contributed by atoms with van der Waals surface area (Å²) in [6.07, 6.45) is 0.321. The zero-order valence-corrected chi connectivity index (χ0v) is 23.8. The average molecular weight is 554 g/mol. The van der Waals surface area contributed by atoms with Crippen LogP contribution in [0.1, 0.15) is 45.2 Å². The summed E-state index contributed by atoms with van der Waals surface area (Å²) in [5.74, 6) is -1.42. The number of rotatable bonds is 10. The van der Waals surface area contributed by atoms with Crippen molar-refractivity contribution in [3.63, 3.8) is 0 Å². The lowest BCUT2D eigenvalue weighted by molar-refractivity contribution is -0.141. The predicted molar refractivity (Wildman–Crippen MR) is 151 cm³/mol. The maximum absolute atomic E-state index is 14.0. The molecule has 0 aliphatic rings. The number of benzene rings is 3. The number of hydrogen-bond donors (Lipinski definition) is 1. The Morgan fingerprint density at radius 1 is 0.949 bits per heavy atom. The van der Waals surface area contributed by atoms with E-state index < -0.39 is 39.9 Å². The van der Waals surface area contributed by atoms with Gasteiger partial charge in [-0.3, -0.25) is 13.9 Å². The SMILES string of the molecule is CC[C@H](C(=O)NC(C)(C)C)N(Cc1cccc(C)c1)C(=O)CN(c1ccc(F)cc1)S(=O)(=O)c1ccccc1. The van der Waals surface area contributed by atoms with Crippen molar-refractivity contribution in [2.45, 2.75) is 64.1 Å². The number of carbonyl (C=O) groups excluding carboxylic acids is 2. The van der Waals surface area contributed by atoms with Crippen LogP contribution < -0.4 is 9.62 Å². The number of amides is 2.